The van der Waals surface area contributed by atoms with Crippen LogP contribution in [0.4, 0.5) is 5.69 Å². The molecule has 0 spiro atoms. The van der Waals surface area contributed by atoms with E-state index in [0.717, 1.165) is 0 Å². The zero-order valence-electron chi connectivity index (χ0n) is 7.96. The van der Waals surface area contributed by atoms with Gasteiger partial charge in [-0.15, -0.1) is 6.17 Å². The first kappa shape index (κ1) is 9.20. The second-order valence-electron chi connectivity index (χ2n) is 3.19. The Kier molecular flexibility index (Phi) is 2.81. The minimum absolute atomic E-state index is 0.578. The smallest absolute Gasteiger partial charge is 0.0389 e. The normalized spacial score (nSPS) is 9.58. The highest BCUT2D eigenvalue weighted by Crippen LogP contribution is 2.06. The monoisotopic (exact) mass is 177 g/mol. The standard InChI is InChI=1S/C10H15NSi/c1-11(2)9-7-5-6-8-10(9)12(3)4/h5-8H,3H2,1-2,4H3. The van der Waals surface area contributed by atoms with Gasteiger partial charge in [0.15, 0.2) is 0 Å². The second-order valence-corrected chi connectivity index (χ2v) is 5.29. The molecule has 1 rings (SSSR count). The molecule has 2 heteroatoms. The third-order valence-electron chi connectivity index (χ3n) is 1.85. The zero-order chi connectivity index (χ0) is 9.14. The first-order valence-corrected chi connectivity index (χ1v) is 6.26. The Bertz CT molecular complexity index is 292. The maximum Gasteiger partial charge on any atom is 0.0389 e. The third kappa shape index (κ3) is 1.83. The molecule has 0 saturated heterocycles. The van der Waals surface area contributed by atoms with Gasteiger partial charge < -0.3 is 4.90 Å². The minimum atomic E-state index is -0.578. The van der Waals surface area contributed by atoms with E-state index < -0.39 is 8.41 Å². The van der Waals surface area contributed by atoms with Crippen LogP contribution < -0.4 is 10.1 Å². The Morgan fingerprint density at radius 3 is 2.25 bits per heavy atom. The van der Waals surface area contributed by atoms with Crippen molar-refractivity contribution in [2.45, 2.75) is 6.55 Å². The Hall–Kier alpha value is -0.893. The number of hydrogen-bond donors (Lipinski definition) is 0. The number of para-hydroxylation sites is 1. The van der Waals surface area contributed by atoms with Gasteiger partial charge in [-0.25, -0.2) is 0 Å². The van der Waals surface area contributed by atoms with E-state index in [2.05, 4.69) is 56.0 Å². The van der Waals surface area contributed by atoms with E-state index in [4.69, 9.17) is 0 Å². The summed E-state index contributed by atoms with van der Waals surface area (Å²) in [6, 6.07) is 8.48. The van der Waals surface area contributed by atoms with Crippen LogP contribution in [0.25, 0.3) is 0 Å². The quantitative estimate of drug-likeness (QED) is 0.611. The lowest BCUT2D eigenvalue weighted by Gasteiger charge is -2.16. The molecule has 0 bridgehead atoms. The molecule has 0 N–H and O–H groups in total. The molecule has 1 aromatic carbocycles. The highest BCUT2D eigenvalue weighted by molar-refractivity contribution is 6.75. The van der Waals surface area contributed by atoms with Crippen LogP contribution in [0.5, 0.6) is 0 Å². The molecular weight excluding hydrogens is 162 g/mol. The average Bonchev–Trinajstić information content (AvgIpc) is 2.04. The number of benzene rings is 1. The van der Waals surface area contributed by atoms with Crippen molar-refractivity contribution in [3.05, 3.63) is 24.3 Å². The molecule has 12 heavy (non-hydrogen) atoms. The molecule has 0 heterocycles. The van der Waals surface area contributed by atoms with Gasteiger partial charge in [-0.05, 0) is 11.3 Å². The fourth-order valence-electron chi connectivity index (χ4n) is 1.22. The molecule has 0 unspecified atom stereocenters. The fourth-order valence-corrected chi connectivity index (χ4v) is 2.35. The Morgan fingerprint density at radius 2 is 1.83 bits per heavy atom. The van der Waals surface area contributed by atoms with Crippen LogP contribution in [0.3, 0.4) is 0 Å². The summed E-state index contributed by atoms with van der Waals surface area (Å²) in [6.07, 6.45) is 4.13. The van der Waals surface area contributed by atoms with Gasteiger partial charge in [0, 0.05) is 28.2 Å². The molecule has 64 valence electrons. The van der Waals surface area contributed by atoms with Crippen molar-refractivity contribution in [1.29, 1.82) is 0 Å². The van der Waals surface area contributed by atoms with Crippen molar-refractivity contribution in [3.8, 4) is 0 Å². The Labute approximate surface area is 75.9 Å². The molecule has 1 nitrogen and oxygen atoms in total. The third-order valence-corrected chi connectivity index (χ3v) is 3.19. The largest absolute Gasteiger partial charge is 0.378 e. The molecule has 0 saturated carbocycles. The molecule has 0 aromatic heterocycles. The van der Waals surface area contributed by atoms with E-state index in [0.29, 0.717) is 0 Å². The highest BCUT2D eigenvalue weighted by Gasteiger charge is 2.02. The van der Waals surface area contributed by atoms with Gasteiger partial charge in [0.2, 0.25) is 0 Å². The van der Waals surface area contributed by atoms with Crippen LogP contribution in [-0.4, -0.2) is 28.7 Å². The molecule has 0 fully saturated rings. The van der Waals surface area contributed by atoms with E-state index >= 15 is 0 Å². The second kappa shape index (κ2) is 3.67. The van der Waals surface area contributed by atoms with Gasteiger partial charge in [-0.2, -0.15) is 0 Å². The van der Waals surface area contributed by atoms with Crippen LogP contribution in [0.15, 0.2) is 24.3 Å². The van der Waals surface area contributed by atoms with Gasteiger partial charge in [0.25, 0.3) is 0 Å². The topological polar surface area (TPSA) is 3.24 Å². The van der Waals surface area contributed by atoms with Gasteiger partial charge in [0.05, 0.1) is 0 Å². The summed E-state index contributed by atoms with van der Waals surface area (Å²) in [5, 5.41) is 1.41. The maximum absolute atomic E-state index is 4.13. The molecule has 0 aliphatic heterocycles. The average molecular weight is 177 g/mol. The van der Waals surface area contributed by atoms with E-state index in [9.17, 15) is 0 Å². The van der Waals surface area contributed by atoms with Crippen molar-refractivity contribution in [2.75, 3.05) is 19.0 Å². The Morgan fingerprint density at radius 1 is 1.25 bits per heavy atom. The lowest BCUT2D eigenvalue weighted by molar-refractivity contribution is 1.14. The lowest BCUT2D eigenvalue weighted by atomic mass is 10.3. The van der Waals surface area contributed by atoms with Crippen molar-refractivity contribution in [3.63, 3.8) is 0 Å². The van der Waals surface area contributed by atoms with E-state index in [1.165, 1.54) is 10.9 Å². The van der Waals surface area contributed by atoms with Crippen LogP contribution in [-0.2, 0) is 0 Å². The maximum atomic E-state index is 4.13. The van der Waals surface area contributed by atoms with E-state index in [1.807, 2.05) is 0 Å². The molecule has 0 atom stereocenters. The molecule has 0 radical (unpaired) electrons. The zero-order valence-corrected chi connectivity index (χ0v) is 8.96. The summed E-state index contributed by atoms with van der Waals surface area (Å²) in [5.41, 5.74) is 1.31. The van der Waals surface area contributed by atoms with Crippen molar-refractivity contribution in [2.24, 2.45) is 0 Å². The summed E-state index contributed by atoms with van der Waals surface area (Å²) in [6.45, 7) is 2.22. The summed E-state index contributed by atoms with van der Waals surface area (Å²) in [4.78, 5) is 2.15. The first-order chi connectivity index (χ1) is 5.63. The van der Waals surface area contributed by atoms with Crippen LogP contribution in [0, 0.1) is 0 Å². The predicted molar refractivity (Wildman–Crippen MR) is 59.1 cm³/mol. The molecule has 0 aliphatic carbocycles. The number of rotatable bonds is 2. The van der Waals surface area contributed by atoms with Crippen LogP contribution in [0.2, 0.25) is 6.55 Å². The highest BCUT2D eigenvalue weighted by atomic mass is 28.2. The van der Waals surface area contributed by atoms with E-state index in [1.54, 1.807) is 0 Å². The van der Waals surface area contributed by atoms with Gasteiger partial charge >= 0.3 is 0 Å². The van der Waals surface area contributed by atoms with Gasteiger partial charge in [-0.3, -0.25) is 0 Å². The van der Waals surface area contributed by atoms with Crippen LogP contribution in [0.1, 0.15) is 0 Å². The summed E-state index contributed by atoms with van der Waals surface area (Å²) < 4.78 is 0. The molecule has 0 amide bonds. The molecule has 0 aliphatic rings. The van der Waals surface area contributed by atoms with Crippen molar-refractivity contribution < 1.29 is 0 Å². The molecular formula is C10H15NSi. The van der Waals surface area contributed by atoms with Gasteiger partial charge in [-0.1, -0.05) is 24.7 Å². The van der Waals surface area contributed by atoms with Crippen molar-refractivity contribution >= 4 is 25.5 Å². The SMILES string of the molecule is C=[Si](C)c1ccccc1N(C)C. The number of anilines is 1. The number of hydrogen-bond acceptors (Lipinski definition) is 1. The van der Waals surface area contributed by atoms with Crippen LogP contribution >= 0.6 is 0 Å². The predicted octanol–water partition coefficient (Wildman–Crippen LogP) is 1.10. The first-order valence-electron chi connectivity index (χ1n) is 4.05. The fraction of sp³-hybridized carbons (Fsp3) is 0.300. The Balaban J connectivity index is 3.17. The summed E-state index contributed by atoms with van der Waals surface area (Å²) in [7, 11) is 3.57. The lowest BCUT2D eigenvalue weighted by Crippen LogP contribution is -2.26. The van der Waals surface area contributed by atoms with Crippen molar-refractivity contribution in [1.82, 2.24) is 0 Å². The number of nitrogens with zero attached hydrogens (tertiary/aromatic N) is 1. The van der Waals surface area contributed by atoms with Gasteiger partial charge in [0.1, 0.15) is 0 Å². The minimum Gasteiger partial charge on any atom is -0.378 e. The summed E-state index contributed by atoms with van der Waals surface area (Å²) in [5.74, 6) is 0. The summed E-state index contributed by atoms with van der Waals surface area (Å²) >= 11 is 0. The molecule has 1 aromatic rings. The van der Waals surface area contributed by atoms with E-state index in [-0.39, 0.29) is 0 Å².